The van der Waals surface area contributed by atoms with Crippen LogP contribution in [0.5, 0.6) is 0 Å². The molecule has 0 aliphatic rings. The van der Waals surface area contributed by atoms with E-state index in [1.165, 1.54) is 6.07 Å². The number of hydrogen-bond donors (Lipinski definition) is 0. The van der Waals surface area contributed by atoms with Crippen LogP contribution in [-0.4, -0.2) is 20.2 Å². The highest BCUT2D eigenvalue weighted by molar-refractivity contribution is 6.32. The number of halogens is 4. The van der Waals surface area contributed by atoms with E-state index in [0.717, 1.165) is 23.3 Å². The predicted octanol–water partition coefficient (Wildman–Crippen LogP) is 6.32. The van der Waals surface area contributed by atoms with Crippen LogP contribution in [-0.2, 0) is 11.6 Å². The van der Waals surface area contributed by atoms with Crippen molar-refractivity contribution in [3.05, 3.63) is 58.7 Å². The van der Waals surface area contributed by atoms with E-state index in [1.54, 1.807) is 0 Å². The third-order valence-corrected chi connectivity index (χ3v) is 4.84. The van der Waals surface area contributed by atoms with Gasteiger partial charge < -0.3 is 4.42 Å². The molecule has 2 aromatic heterocycles. The van der Waals surface area contributed by atoms with E-state index in [4.69, 9.17) is 16.0 Å². The highest BCUT2D eigenvalue weighted by Crippen LogP contribution is 2.33. The van der Waals surface area contributed by atoms with E-state index >= 15 is 0 Å². The van der Waals surface area contributed by atoms with Crippen molar-refractivity contribution in [2.24, 2.45) is 0 Å². The van der Waals surface area contributed by atoms with Crippen LogP contribution in [0.15, 0.2) is 46.9 Å². The first kappa shape index (κ1) is 20.3. The summed E-state index contributed by atoms with van der Waals surface area (Å²) in [5.41, 5.74) is 1.43. The van der Waals surface area contributed by atoms with Gasteiger partial charge in [-0.1, -0.05) is 44.5 Å². The Bertz CT molecular complexity index is 1230. The van der Waals surface area contributed by atoms with Crippen LogP contribution in [0.1, 0.15) is 31.9 Å². The topological polar surface area (TPSA) is 64.7 Å². The summed E-state index contributed by atoms with van der Waals surface area (Å²) in [5, 5.41) is 7.88. The molecule has 4 aromatic rings. The first-order valence-electron chi connectivity index (χ1n) is 9.02. The quantitative estimate of drug-likeness (QED) is 0.371. The number of benzene rings is 2. The fourth-order valence-corrected chi connectivity index (χ4v) is 3.11. The number of rotatable bonds is 2. The van der Waals surface area contributed by atoms with Gasteiger partial charge in [-0.05, 0) is 41.3 Å². The summed E-state index contributed by atoms with van der Waals surface area (Å²) in [6.07, 6.45) is -4.48. The summed E-state index contributed by atoms with van der Waals surface area (Å²) >= 11 is 6.15. The molecule has 0 fully saturated rings. The lowest BCUT2D eigenvalue weighted by atomic mass is 9.87. The van der Waals surface area contributed by atoms with Gasteiger partial charge in [-0.2, -0.15) is 13.2 Å². The Morgan fingerprint density at radius 1 is 0.800 bits per heavy atom. The normalized spacial score (nSPS) is 12.5. The summed E-state index contributed by atoms with van der Waals surface area (Å²) < 4.78 is 44.4. The van der Waals surface area contributed by atoms with Gasteiger partial charge in [-0.3, -0.25) is 0 Å². The van der Waals surface area contributed by atoms with E-state index in [-0.39, 0.29) is 39.1 Å². The minimum atomic E-state index is -4.48. The Morgan fingerprint density at radius 2 is 1.43 bits per heavy atom. The molecule has 0 unspecified atom stereocenters. The van der Waals surface area contributed by atoms with Gasteiger partial charge in [0.25, 0.3) is 5.89 Å². The van der Waals surface area contributed by atoms with E-state index in [9.17, 15) is 13.2 Å². The zero-order valence-electron chi connectivity index (χ0n) is 16.3. The molecule has 0 amide bonds. The third kappa shape index (κ3) is 3.87. The van der Waals surface area contributed by atoms with E-state index in [2.05, 4.69) is 40.9 Å². The zero-order chi connectivity index (χ0) is 21.7. The molecule has 9 heteroatoms. The van der Waals surface area contributed by atoms with Crippen molar-refractivity contribution in [2.75, 3.05) is 0 Å². The molecule has 4 rings (SSSR count). The number of aromatic nitrogens is 4. The average Bonchev–Trinajstić information content (AvgIpc) is 3.15. The van der Waals surface area contributed by atoms with Crippen LogP contribution in [0.25, 0.3) is 34.1 Å². The molecule has 0 bridgehead atoms. The molecule has 0 aliphatic heterocycles. The summed E-state index contributed by atoms with van der Waals surface area (Å²) in [4.78, 5) is 8.29. The number of fused-ring (bicyclic) bond motifs is 1. The van der Waals surface area contributed by atoms with Crippen LogP contribution < -0.4 is 0 Å². The fourth-order valence-electron chi connectivity index (χ4n) is 2.89. The summed E-state index contributed by atoms with van der Waals surface area (Å²) in [5.74, 6) is 0.306. The largest absolute Gasteiger partial charge is 0.416 e. The molecule has 0 aliphatic carbocycles. The first-order valence-corrected chi connectivity index (χ1v) is 9.39. The monoisotopic (exact) mass is 432 g/mol. The molecule has 0 saturated carbocycles. The molecular weight excluding hydrogens is 417 g/mol. The molecular formula is C21H16ClF3N4O. The summed E-state index contributed by atoms with van der Waals surface area (Å²) in [7, 11) is 0. The first-order chi connectivity index (χ1) is 14.0. The Kier molecular flexibility index (Phi) is 4.77. The standard InChI is InChI=1S/C21H16ClF3N4O/c1-20(2,3)12-6-4-11(5-7-12)18-28-29-19(30-18)16-17(22)27-15-10-13(21(23,24)25)8-9-14(15)26-16/h4-10H,1-3H3. The maximum Gasteiger partial charge on any atom is 0.416 e. The number of alkyl halides is 3. The Hall–Kier alpha value is -3.00. The lowest BCUT2D eigenvalue weighted by Crippen LogP contribution is -2.10. The van der Waals surface area contributed by atoms with Crippen LogP contribution in [0.3, 0.4) is 0 Å². The summed E-state index contributed by atoms with van der Waals surface area (Å²) in [6, 6.07) is 10.8. The molecule has 0 N–H and O–H groups in total. The van der Waals surface area contributed by atoms with E-state index in [0.29, 0.717) is 0 Å². The van der Waals surface area contributed by atoms with Crippen LogP contribution >= 0.6 is 11.6 Å². The van der Waals surface area contributed by atoms with Gasteiger partial charge in [-0.15, -0.1) is 10.2 Å². The average molecular weight is 433 g/mol. The van der Waals surface area contributed by atoms with Gasteiger partial charge in [0, 0.05) is 5.56 Å². The van der Waals surface area contributed by atoms with Crippen LogP contribution in [0, 0.1) is 0 Å². The Morgan fingerprint density at radius 3 is 2.07 bits per heavy atom. The Balaban J connectivity index is 1.70. The van der Waals surface area contributed by atoms with Crippen molar-refractivity contribution in [3.8, 4) is 23.0 Å². The lowest BCUT2D eigenvalue weighted by molar-refractivity contribution is -0.137. The highest BCUT2D eigenvalue weighted by Gasteiger charge is 2.31. The minimum Gasteiger partial charge on any atom is -0.414 e. The molecule has 154 valence electrons. The molecule has 0 atom stereocenters. The van der Waals surface area contributed by atoms with Gasteiger partial charge in [0.15, 0.2) is 10.8 Å². The molecule has 2 heterocycles. The number of nitrogens with zero attached hydrogens (tertiary/aromatic N) is 4. The van der Waals surface area contributed by atoms with Crippen molar-refractivity contribution in [1.82, 2.24) is 20.2 Å². The van der Waals surface area contributed by atoms with Crippen molar-refractivity contribution in [2.45, 2.75) is 32.4 Å². The number of hydrogen-bond acceptors (Lipinski definition) is 5. The minimum absolute atomic E-state index is 0.0126. The molecule has 0 spiro atoms. The van der Waals surface area contributed by atoms with Crippen molar-refractivity contribution < 1.29 is 17.6 Å². The van der Waals surface area contributed by atoms with Gasteiger partial charge in [0.1, 0.15) is 0 Å². The van der Waals surface area contributed by atoms with E-state index < -0.39 is 11.7 Å². The highest BCUT2D eigenvalue weighted by atomic mass is 35.5. The Labute approximate surface area is 174 Å². The SMILES string of the molecule is CC(C)(C)c1ccc(-c2nnc(-c3nc4ccc(C(F)(F)F)cc4nc3Cl)o2)cc1. The maximum absolute atomic E-state index is 12.9. The molecule has 0 radical (unpaired) electrons. The third-order valence-electron chi connectivity index (χ3n) is 4.57. The van der Waals surface area contributed by atoms with Crippen molar-refractivity contribution >= 4 is 22.6 Å². The second kappa shape index (κ2) is 7.05. The summed E-state index contributed by atoms with van der Waals surface area (Å²) in [6.45, 7) is 6.35. The van der Waals surface area contributed by atoms with Gasteiger partial charge in [-0.25, -0.2) is 9.97 Å². The smallest absolute Gasteiger partial charge is 0.414 e. The fraction of sp³-hybridized carbons (Fsp3) is 0.238. The predicted molar refractivity (Wildman–Crippen MR) is 107 cm³/mol. The van der Waals surface area contributed by atoms with E-state index in [1.807, 2.05) is 24.3 Å². The zero-order valence-corrected chi connectivity index (χ0v) is 17.0. The molecule has 0 saturated heterocycles. The second-order valence-corrected chi connectivity index (χ2v) is 8.16. The molecule has 2 aromatic carbocycles. The van der Waals surface area contributed by atoms with Crippen molar-refractivity contribution in [3.63, 3.8) is 0 Å². The lowest BCUT2D eigenvalue weighted by Gasteiger charge is -2.18. The van der Waals surface area contributed by atoms with Crippen LogP contribution in [0.2, 0.25) is 5.15 Å². The molecule has 5 nitrogen and oxygen atoms in total. The van der Waals surface area contributed by atoms with Crippen LogP contribution in [0.4, 0.5) is 13.2 Å². The van der Waals surface area contributed by atoms with Gasteiger partial charge in [0.05, 0.1) is 16.6 Å². The second-order valence-electron chi connectivity index (χ2n) is 7.80. The van der Waals surface area contributed by atoms with Crippen molar-refractivity contribution in [1.29, 1.82) is 0 Å². The van der Waals surface area contributed by atoms with Gasteiger partial charge in [0.2, 0.25) is 5.89 Å². The maximum atomic E-state index is 12.9. The molecule has 30 heavy (non-hydrogen) atoms. The van der Waals surface area contributed by atoms with Gasteiger partial charge >= 0.3 is 6.18 Å².